The highest BCUT2D eigenvalue weighted by Crippen LogP contribution is 2.36. The number of amides is 2. The summed E-state index contributed by atoms with van der Waals surface area (Å²) in [4.78, 5) is 39.6. The van der Waals surface area contributed by atoms with Crippen LogP contribution in [0.2, 0.25) is 0 Å². The Kier molecular flexibility index (Phi) is 6.92. The number of benzene rings is 2. The van der Waals surface area contributed by atoms with Gasteiger partial charge in [0.25, 0.3) is 5.91 Å². The molecule has 2 amide bonds. The van der Waals surface area contributed by atoms with Crippen molar-refractivity contribution in [3.05, 3.63) is 60.2 Å². The Hall–Kier alpha value is -2.80. The molecule has 162 valence electrons. The third-order valence-corrected chi connectivity index (χ3v) is 7.02. The molecule has 2 aromatic rings. The lowest BCUT2D eigenvalue weighted by molar-refractivity contribution is -0.152. The second-order valence-electron chi connectivity index (χ2n) is 7.97. The second-order valence-corrected chi connectivity index (χ2v) is 9.22. The molecule has 0 radical (unpaired) electrons. The van der Waals surface area contributed by atoms with Gasteiger partial charge in [-0.05, 0) is 42.9 Å². The van der Waals surface area contributed by atoms with Gasteiger partial charge in [0.05, 0.1) is 17.4 Å². The zero-order valence-corrected chi connectivity index (χ0v) is 18.1. The molecule has 1 atom stereocenters. The maximum Gasteiger partial charge on any atom is 0.307 e. The summed E-state index contributed by atoms with van der Waals surface area (Å²) in [7, 11) is 0. The standard InChI is InChI=1S/C24H26N2O4S/c27-22(26-12-10-18(11-13-26)14-17-6-2-1-3-7-17)16-30-23(28)15-21-24(29)25-19-8-4-5-9-20(19)31-21/h1-9,18,21H,10-16H2,(H,25,29)/t21-/m0/s1. The van der Waals surface area contributed by atoms with E-state index in [-0.39, 0.29) is 24.8 Å². The van der Waals surface area contributed by atoms with Gasteiger partial charge >= 0.3 is 5.97 Å². The number of ether oxygens (including phenoxy) is 1. The van der Waals surface area contributed by atoms with Crippen LogP contribution < -0.4 is 5.32 Å². The van der Waals surface area contributed by atoms with E-state index in [1.165, 1.54) is 17.3 Å². The van der Waals surface area contributed by atoms with Crippen molar-refractivity contribution in [2.24, 2.45) is 5.92 Å². The van der Waals surface area contributed by atoms with Gasteiger partial charge in [0.2, 0.25) is 5.91 Å². The molecule has 2 aliphatic heterocycles. The third kappa shape index (κ3) is 5.67. The molecule has 2 heterocycles. The number of rotatable bonds is 6. The first kappa shape index (κ1) is 21.4. The number of hydrogen-bond acceptors (Lipinski definition) is 5. The summed E-state index contributed by atoms with van der Waals surface area (Å²) in [6.45, 7) is 1.11. The first-order chi connectivity index (χ1) is 15.1. The number of esters is 1. The average molecular weight is 439 g/mol. The van der Waals surface area contributed by atoms with Gasteiger partial charge in [-0.25, -0.2) is 0 Å². The smallest absolute Gasteiger partial charge is 0.307 e. The van der Waals surface area contributed by atoms with Crippen molar-refractivity contribution in [2.75, 3.05) is 25.0 Å². The van der Waals surface area contributed by atoms with Crippen LogP contribution in [0.5, 0.6) is 0 Å². The van der Waals surface area contributed by atoms with E-state index >= 15 is 0 Å². The highest BCUT2D eigenvalue weighted by molar-refractivity contribution is 8.01. The van der Waals surface area contributed by atoms with E-state index in [4.69, 9.17) is 4.74 Å². The Morgan fingerprint density at radius 1 is 1.03 bits per heavy atom. The lowest BCUT2D eigenvalue weighted by Gasteiger charge is -2.32. The number of piperidine rings is 1. The summed E-state index contributed by atoms with van der Waals surface area (Å²) in [6, 6.07) is 17.9. The molecule has 1 N–H and O–H groups in total. The molecule has 1 fully saturated rings. The molecule has 2 aliphatic rings. The maximum absolute atomic E-state index is 12.5. The molecule has 7 heteroatoms. The van der Waals surface area contributed by atoms with E-state index in [2.05, 4.69) is 29.6 Å². The molecule has 0 unspecified atom stereocenters. The molecule has 6 nitrogen and oxygen atoms in total. The number of carbonyl (C=O) groups is 3. The predicted molar refractivity (Wildman–Crippen MR) is 120 cm³/mol. The van der Waals surface area contributed by atoms with Crippen LogP contribution in [-0.2, 0) is 25.5 Å². The average Bonchev–Trinajstić information content (AvgIpc) is 2.79. The Morgan fingerprint density at radius 3 is 2.52 bits per heavy atom. The minimum absolute atomic E-state index is 0.0583. The van der Waals surface area contributed by atoms with Crippen molar-refractivity contribution in [1.82, 2.24) is 4.90 Å². The topological polar surface area (TPSA) is 75.7 Å². The Bertz CT molecular complexity index is 942. The van der Waals surface area contributed by atoms with Crippen molar-refractivity contribution >= 4 is 35.2 Å². The molecular formula is C24H26N2O4S. The van der Waals surface area contributed by atoms with Crippen LogP contribution in [0.1, 0.15) is 24.8 Å². The largest absolute Gasteiger partial charge is 0.456 e. The number of likely N-dealkylation sites (tertiary alicyclic amines) is 1. The monoisotopic (exact) mass is 438 g/mol. The van der Waals surface area contributed by atoms with Crippen LogP contribution in [-0.4, -0.2) is 47.6 Å². The summed E-state index contributed by atoms with van der Waals surface area (Å²) in [6.07, 6.45) is 2.87. The van der Waals surface area contributed by atoms with Crippen LogP contribution in [0.25, 0.3) is 0 Å². The number of thioether (sulfide) groups is 1. The van der Waals surface area contributed by atoms with E-state index < -0.39 is 11.2 Å². The minimum atomic E-state index is -0.550. The fourth-order valence-electron chi connectivity index (χ4n) is 4.00. The third-order valence-electron chi connectivity index (χ3n) is 5.75. The first-order valence-electron chi connectivity index (χ1n) is 10.6. The molecule has 31 heavy (non-hydrogen) atoms. The molecule has 0 spiro atoms. The normalized spacial score (nSPS) is 18.8. The van der Waals surface area contributed by atoms with E-state index in [9.17, 15) is 14.4 Å². The van der Waals surface area contributed by atoms with Gasteiger partial charge in [0.15, 0.2) is 6.61 Å². The molecule has 2 aromatic carbocycles. The van der Waals surface area contributed by atoms with Gasteiger partial charge in [0.1, 0.15) is 0 Å². The molecule has 0 aliphatic carbocycles. The van der Waals surface area contributed by atoms with Crippen LogP contribution in [0, 0.1) is 5.92 Å². The van der Waals surface area contributed by atoms with Crippen molar-refractivity contribution in [2.45, 2.75) is 35.8 Å². The van der Waals surface area contributed by atoms with Crippen molar-refractivity contribution in [3.8, 4) is 0 Å². The number of nitrogens with zero attached hydrogens (tertiary/aromatic N) is 1. The predicted octanol–water partition coefficient (Wildman–Crippen LogP) is 3.51. The van der Waals surface area contributed by atoms with Crippen molar-refractivity contribution < 1.29 is 19.1 Å². The summed E-state index contributed by atoms with van der Waals surface area (Å²) in [5, 5.41) is 2.26. The molecule has 0 aromatic heterocycles. The minimum Gasteiger partial charge on any atom is -0.456 e. The second kappa shape index (κ2) is 10.0. The van der Waals surface area contributed by atoms with Crippen LogP contribution >= 0.6 is 11.8 Å². The van der Waals surface area contributed by atoms with Crippen LogP contribution in [0.3, 0.4) is 0 Å². The highest BCUT2D eigenvalue weighted by atomic mass is 32.2. The summed E-state index contributed by atoms with van der Waals surface area (Å²) in [5.41, 5.74) is 2.08. The van der Waals surface area contributed by atoms with Gasteiger partial charge in [0, 0.05) is 18.0 Å². The Morgan fingerprint density at radius 2 is 1.74 bits per heavy atom. The maximum atomic E-state index is 12.5. The number of hydrogen-bond donors (Lipinski definition) is 1. The number of carbonyl (C=O) groups excluding carboxylic acids is 3. The van der Waals surface area contributed by atoms with Crippen molar-refractivity contribution in [3.63, 3.8) is 0 Å². The number of anilines is 1. The molecule has 4 rings (SSSR count). The zero-order valence-electron chi connectivity index (χ0n) is 17.3. The van der Waals surface area contributed by atoms with E-state index in [0.717, 1.165) is 29.8 Å². The van der Waals surface area contributed by atoms with Gasteiger partial charge < -0.3 is 15.0 Å². The van der Waals surface area contributed by atoms with Crippen LogP contribution in [0.4, 0.5) is 5.69 Å². The molecule has 1 saturated heterocycles. The fourth-order valence-corrected chi connectivity index (χ4v) is 5.10. The Labute approximate surface area is 186 Å². The summed E-state index contributed by atoms with van der Waals surface area (Å²) >= 11 is 1.35. The molecular weight excluding hydrogens is 412 g/mol. The SMILES string of the molecule is O=C(C[C@@H]1Sc2ccccc2NC1=O)OCC(=O)N1CCC(Cc2ccccc2)CC1. The zero-order chi connectivity index (χ0) is 21.6. The quantitative estimate of drug-likeness (QED) is 0.699. The first-order valence-corrected chi connectivity index (χ1v) is 11.5. The Balaban J connectivity index is 1.19. The van der Waals surface area contributed by atoms with Crippen LogP contribution in [0.15, 0.2) is 59.5 Å². The summed E-state index contributed by atoms with van der Waals surface area (Å²) < 4.78 is 5.20. The van der Waals surface area contributed by atoms with Gasteiger partial charge in [-0.1, -0.05) is 42.5 Å². The lowest BCUT2D eigenvalue weighted by atomic mass is 9.90. The van der Waals surface area contributed by atoms with E-state index in [1.807, 2.05) is 30.3 Å². The van der Waals surface area contributed by atoms with Gasteiger partial charge in [-0.3, -0.25) is 14.4 Å². The van der Waals surface area contributed by atoms with Crippen molar-refractivity contribution in [1.29, 1.82) is 0 Å². The van der Waals surface area contributed by atoms with E-state index in [1.54, 1.807) is 4.90 Å². The number of fused-ring (bicyclic) bond motifs is 1. The van der Waals surface area contributed by atoms with Gasteiger partial charge in [-0.15, -0.1) is 11.8 Å². The number of para-hydroxylation sites is 1. The fraction of sp³-hybridized carbons (Fsp3) is 0.375. The molecule has 0 bridgehead atoms. The lowest BCUT2D eigenvalue weighted by Crippen LogP contribution is -2.41. The number of nitrogens with one attached hydrogen (secondary N) is 1. The molecule has 0 saturated carbocycles. The van der Waals surface area contributed by atoms with Gasteiger partial charge in [-0.2, -0.15) is 0 Å². The van der Waals surface area contributed by atoms with E-state index in [0.29, 0.717) is 19.0 Å². The highest BCUT2D eigenvalue weighted by Gasteiger charge is 2.30. The summed E-state index contributed by atoms with van der Waals surface area (Å²) in [5.74, 6) is -0.344.